The third-order valence-electron chi connectivity index (χ3n) is 2.61. The molecule has 5 heteroatoms. The van der Waals surface area contributed by atoms with Crippen molar-refractivity contribution in [3.05, 3.63) is 11.8 Å². The second-order valence-electron chi connectivity index (χ2n) is 5.39. The van der Waals surface area contributed by atoms with Crippen molar-refractivity contribution in [1.82, 2.24) is 9.97 Å². The second-order valence-corrected chi connectivity index (χ2v) is 5.39. The first kappa shape index (κ1) is 16.7. The van der Waals surface area contributed by atoms with Crippen molar-refractivity contribution in [3.8, 4) is 0 Å². The molecule has 0 atom stereocenters. The average molecular weight is 280 g/mol. The van der Waals surface area contributed by atoms with Crippen LogP contribution in [0.2, 0.25) is 0 Å². The smallest absolute Gasteiger partial charge is 0.224 e. The van der Waals surface area contributed by atoms with E-state index in [1.54, 1.807) is 0 Å². The number of aryl methyl sites for hydroxylation is 1. The highest BCUT2D eigenvalue weighted by Crippen LogP contribution is 2.09. The molecule has 0 fully saturated rings. The molecule has 0 spiro atoms. The minimum atomic E-state index is 0.597. The van der Waals surface area contributed by atoms with Crippen LogP contribution >= 0.6 is 0 Å². The normalized spacial score (nSPS) is 10.8. The Morgan fingerprint density at radius 1 is 1.20 bits per heavy atom. The van der Waals surface area contributed by atoms with Gasteiger partial charge in [0.05, 0.1) is 0 Å². The maximum atomic E-state index is 5.55. The summed E-state index contributed by atoms with van der Waals surface area (Å²) >= 11 is 0. The van der Waals surface area contributed by atoms with Crippen LogP contribution in [0.3, 0.4) is 0 Å². The molecule has 1 aromatic rings. The standard InChI is InChI=1S/C15H28N4O/c1-5-7-17-15-18-13(4)10-14(19-15)16-8-6-9-20-11-12(2)3/h10,12H,5-9,11H2,1-4H3,(H2,16,17,18,19). The summed E-state index contributed by atoms with van der Waals surface area (Å²) in [5, 5.41) is 6.53. The maximum Gasteiger partial charge on any atom is 0.224 e. The molecule has 1 rings (SSSR count). The fourth-order valence-corrected chi connectivity index (χ4v) is 1.68. The monoisotopic (exact) mass is 280 g/mol. The lowest BCUT2D eigenvalue weighted by molar-refractivity contribution is 0.110. The van der Waals surface area contributed by atoms with E-state index in [0.717, 1.165) is 50.7 Å². The van der Waals surface area contributed by atoms with E-state index in [1.807, 2.05) is 13.0 Å². The molecule has 0 amide bonds. The summed E-state index contributed by atoms with van der Waals surface area (Å²) in [6.07, 6.45) is 2.04. The molecule has 0 aliphatic carbocycles. The van der Waals surface area contributed by atoms with Gasteiger partial charge in [-0.1, -0.05) is 20.8 Å². The van der Waals surface area contributed by atoms with Crippen LogP contribution in [0.1, 0.15) is 39.3 Å². The number of aromatic nitrogens is 2. The Bertz CT molecular complexity index is 382. The fourth-order valence-electron chi connectivity index (χ4n) is 1.68. The topological polar surface area (TPSA) is 59.1 Å². The van der Waals surface area contributed by atoms with Gasteiger partial charge in [0.2, 0.25) is 5.95 Å². The van der Waals surface area contributed by atoms with Gasteiger partial charge in [-0.25, -0.2) is 4.98 Å². The van der Waals surface area contributed by atoms with Crippen LogP contribution in [0.4, 0.5) is 11.8 Å². The lowest BCUT2D eigenvalue weighted by Crippen LogP contribution is -2.11. The van der Waals surface area contributed by atoms with Crippen molar-refractivity contribution in [2.75, 3.05) is 36.9 Å². The Labute approximate surface area is 122 Å². The van der Waals surface area contributed by atoms with Crippen LogP contribution in [0, 0.1) is 12.8 Å². The number of ether oxygens (including phenoxy) is 1. The number of nitrogens with one attached hydrogen (secondary N) is 2. The van der Waals surface area contributed by atoms with Crippen LogP contribution in [0.25, 0.3) is 0 Å². The first-order valence-electron chi connectivity index (χ1n) is 7.53. The molecular formula is C15H28N4O. The Morgan fingerprint density at radius 2 is 2.00 bits per heavy atom. The van der Waals surface area contributed by atoms with Crippen molar-refractivity contribution >= 4 is 11.8 Å². The molecule has 1 heterocycles. The number of hydrogen-bond donors (Lipinski definition) is 2. The summed E-state index contributed by atoms with van der Waals surface area (Å²) in [7, 11) is 0. The van der Waals surface area contributed by atoms with E-state index in [-0.39, 0.29) is 0 Å². The summed E-state index contributed by atoms with van der Waals surface area (Å²) in [6.45, 7) is 11.8. The van der Waals surface area contributed by atoms with Gasteiger partial charge in [-0.3, -0.25) is 0 Å². The van der Waals surface area contributed by atoms with Gasteiger partial charge < -0.3 is 15.4 Å². The summed E-state index contributed by atoms with van der Waals surface area (Å²) in [5.74, 6) is 2.17. The molecule has 2 N–H and O–H groups in total. The minimum absolute atomic E-state index is 0.597. The van der Waals surface area contributed by atoms with Gasteiger partial charge in [0.1, 0.15) is 5.82 Å². The van der Waals surface area contributed by atoms with Crippen LogP contribution in [0.5, 0.6) is 0 Å². The lowest BCUT2D eigenvalue weighted by atomic mass is 10.2. The average Bonchev–Trinajstić information content (AvgIpc) is 2.39. The Morgan fingerprint density at radius 3 is 2.70 bits per heavy atom. The van der Waals surface area contributed by atoms with E-state index < -0.39 is 0 Å². The predicted molar refractivity (Wildman–Crippen MR) is 84.3 cm³/mol. The SMILES string of the molecule is CCCNc1nc(C)cc(NCCCOCC(C)C)n1. The number of nitrogens with zero attached hydrogens (tertiary/aromatic N) is 2. The van der Waals surface area contributed by atoms with Crippen LogP contribution in [-0.4, -0.2) is 36.3 Å². The van der Waals surface area contributed by atoms with E-state index in [2.05, 4.69) is 41.4 Å². The Hall–Kier alpha value is -1.36. The zero-order valence-corrected chi connectivity index (χ0v) is 13.2. The molecule has 0 aromatic carbocycles. The third kappa shape index (κ3) is 7.28. The Kier molecular flexibility index (Phi) is 7.95. The van der Waals surface area contributed by atoms with Crippen molar-refractivity contribution in [2.24, 2.45) is 5.92 Å². The molecule has 0 unspecified atom stereocenters. The highest BCUT2D eigenvalue weighted by Gasteiger charge is 2.01. The van der Waals surface area contributed by atoms with Crippen molar-refractivity contribution in [2.45, 2.75) is 40.5 Å². The van der Waals surface area contributed by atoms with E-state index >= 15 is 0 Å². The molecular weight excluding hydrogens is 252 g/mol. The van der Waals surface area contributed by atoms with Crippen molar-refractivity contribution < 1.29 is 4.74 Å². The first-order chi connectivity index (χ1) is 9.61. The maximum absolute atomic E-state index is 5.55. The molecule has 1 aromatic heterocycles. The largest absolute Gasteiger partial charge is 0.381 e. The molecule has 0 aliphatic rings. The van der Waals surface area contributed by atoms with Gasteiger partial charge in [-0.2, -0.15) is 4.98 Å². The zero-order chi connectivity index (χ0) is 14.8. The van der Waals surface area contributed by atoms with Crippen LogP contribution in [0.15, 0.2) is 6.07 Å². The molecule has 0 saturated carbocycles. The van der Waals surface area contributed by atoms with Gasteiger partial charge in [0.25, 0.3) is 0 Å². The summed E-state index contributed by atoms with van der Waals surface area (Å²) in [6, 6.07) is 1.96. The molecule has 0 bridgehead atoms. The molecule has 0 aliphatic heterocycles. The van der Waals surface area contributed by atoms with Gasteiger partial charge in [-0.05, 0) is 25.7 Å². The number of rotatable bonds is 10. The quantitative estimate of drug-likeness (QED) is 0.645. The van der Waals surface area contributed by atoms with Gasteiger partial charge >= 0.3 is 0 Å². The lowest BCUT2D eigenvalue weighted by Gasteiger charge is -2.10. The third-order valence-corrected chi connectivity index (χ3v) is 2.61. The first-order valence-corrected chi connectivity index (χ1v) is 7.53. The van der Waals surface area contributed by atoms with Gasteiger partial charge in [-0.15, -0.1) is 0 Å². The Balaban J connectivity index is 2.30. The summed E-state index contributed by atoms with van der Waals surface area (Å²) in [5.41, 5.74) is 0.970. The van der Waals surface area contributed by atoms with Gasteiger partial charge in [0, 0.05) is 38.1 Å². The zero-order valence-electron chi connectivity index (χ0n) is 13.2. The number of anilines is 2. The second kappa shape index (κ2) is 9.53. The summed E-state index contributed by atoms with van der Waals surface area (Å²) in [4.78, 5) is 8.80. The molecule has 0 saturated heterocycles. The van der Waals surface area contributed by atoms with Crippen LogP contribution in [-0.2, 0) is 4.74 Å². The molecule has 20 heavy (non-hydrogen) atoms. The number of hydrogen-bond acceptors (Lipinski definition) is 5. The van der Waals surface area contributed by atoms with Gasteiger partial charge in [0.15, 0.2) is 0 Å². The van der Waals surface area contributed by atoms with Crippen molar-refractivity contribution in [1.29, 1.82) is 0 Å². The fraction of sp³-hybridized carbons (Fsp3) is 0.733. The molecule has 114 valence electrons. The summed E-state index contributed by atoms with van der Waals surface area (Å²) < 4.78 is 5.55. The van der Waals surface area contributed by atoms with Crippen molar-refractivity contribution in [3.63, 3.8) is 0 Å². The predicted octanol–water partition coefficient (Wildman–Crippen LogP) is 3.08. The molecule has 5 nitrogen and oxygen atoms in total. The van der Waals surface area contributed by atoms with Crippen LogP contribution < -0.4 is 10.6 Å². The van der Waals surface area contributed by atoms with E-state index in [9.17, 15) is 0 Å². The molecule has 0 radical (unpaired) electrons. The highest BCUT2D eigenvalue weighted by molar-refractivity contribution is 5.41. The van der Waals surface area contributed by atoms with E-state index in [4.69, 9.17) is 4.74 Å². The van der Waals surface area contributed by atoms with E-state index in [0.29, 0.717) is 11.9 Å². The highest BCUT2D eigenvalue weighted by atomic mass is 16.5. The minimum Gasteiger partial charge on any atom is -0.381 e. The van der Waals surface area contributed by atoms with E-state index in [1.165, 1.54) is 0 Å².